The third-order valence-electron chi connectivity index (χ3n) is 5.03. The molecule has 3 N–H and O–H groups in total. The molecular weight excluding hydrogens is 300 g/mol. The number of nitrogens with two attached hydrogens (primary N) is 1. The molecular formula is C20H22N2O2. The molecule has 0 heterocycles. The minimum absolute atomic E-state index is 0.210. The molecule has 124 valence electrons. The fourth-order valence-corrected chi connectivity index (χ4v) is 3.22. The van der Waals surface area contributed by atoms with Gasteiger partial charge in [-0.2, -0.15) is 0 Å². The van der Waals surface area contributed by atoms with Gasteiger partial charge >= 0.3 is 0 Å². The van der Waals surface area contributed by atoms with Crippen molar-refractivity contribution in [1.29, 1.82) is 0 Å². The molecule has 24 heavy (non-hydrogen) atoms. The second-order valence-electron chi connectivity index (χ2n) is 6.88. The number of primary amides is 1. The largest absolute Gasteiger partial charge is 0.489 e. The highest BCUT2D eigenvalue weighted by Gasteiger charge is 2.53. The van der Waals surface area contributed by atoms with E-state index < -0.39 is 5.54 Å². The first kappa shape index (κ1) is 15.2. The van der Waals surface area contributed by atoms with Gasteiger partial charge in [-0.25, -0.2) is 0 Å². The fraction of sp³-hybridized carbons (Fsp3) is 0.350. The quantitative estimate of drug-likeness (QED) is 0.824. The number of nitrogens with one attached hydrogen (secondary N) is 1. The highest BCUT2D eigenvalue weighted by Crippen LogP contribution is 2.46. The van der Waals surface area contributed by atoms with E-state index in [9.17, 15) is 4.79 Å². The van der Waals surface area contributed by atoms with Crippen molar-refractivity contribution in [2.75, 3.05) is 0 Å². The summed E-state index contributed by atoms with van der Waals surface area (Å²) in [4.78, 5) is 11.5. The van der Waals surface area contributed by atoms with Gasteiger partial charge in [0.1, 0.15) is 12.4 Å². The van der Waals surface area contributed by atoms with Crippen LogP contribution in [0.15, 0.2) is 54.6 Å². The zero-order valence-electron chi connectivity index (χ0n) is 13.6. The molecule has 0 saturated heterocycles. The van der Waals surface area contributed by atoms with Crippen LogP contribution in [0, 0.1) is 0 Å². The maximum Gasteiger partial charge on any atom is 0.237 e. The van der Waals surface area contributed by atoms with E-state index in [1.165, 1.54) is 5.56 Å². The number of hydrogen-bond donors (Lipinski definition) is 2. The van der Waals surface area contributed by atoms with Crippen molar-refractivity contribution >= 4 is 5.91 Å². The first-order valence-corrected chi connectivity index (χ1v) is 8.51. The van der Waals surface area contributed by atoms with Crippen LogP contribution in [0.1, 0.15) is 36.3 Å². The van der Waals surface area contributed by atoms with Gasteiger partial charge in [-0.15, -0.1) is 0 Å². The third-order valence-corrected chi connectivity index (χ3v) is 5.03. The van der Waals surface area contributed by atoms with Gasteiger partial charge in [0.05, 0.1) is 5.54 Å². The van der Waals surface area contributed by atoms with Gasteiger partial charge in [-0.05, 0) is 42.5 Å². The van der Waals surface area contributed by atoms with Crippen LogP contribution in [0.2, 0.25) is 0 Å². The summed E-state index contributed by atoms with van der Waals surface area (Å²) in [6.45, 7) is 0.578. The number of hydrogen-bond acceptors (Lipinski definition) is 3. The first-order valence-electron chi connectivity index (χ1n) is 8.51. The zero-order chi connectivity index (χ0) is 16.6. The monoisotopic (exact) mass is 322 g/mol. The van der Waals surface area contributed by atoms with Crippen LogP contribution in [-0.2, 0) is 11.4 Å². The Kier molecular flexibility index (Phi) is 3.77. The lowest BCUT2D eigenvalue weighted by molar-refractivity contribution is -0.121. The Bertz CT molecular complexity index is 723. The number of amides is 1. The molecule has 2 saturated carbocycles. The molecule has 2 fully saturated rings. The number of ether oxygens (including phenoxy) is 1. The Morgan fingerprint density at radius 2 is 1.83 bits per heavy atom. The summed E-state index contributed by atoms with van der Waals surface area (Å²) in [6.07, 6.45) is 2.81. The second-order valence-corrected chi connectivity index (χ2v) is 6.88. The first-order chi connectivity index (χ1) is 11.7. The van der Waals surface area contributed by atoms with Crippen LogP contribution in [0.25, 0.3) is 0 Å². The van der Waals surface area contributed by atoms with E-state index in [-0.39, 0.29) is 5.91 Å². The molecule has 4 rings (SSSR count). The SMILES string of the molecule is NC(=O)C1(NC2CC2c2ccc(OCc3ccccc3)cc2)CC1. The summed E-state index contributed by atoms with van der Waals surface area (Å²) >= 11 is 0. The summed E-state index contributed by atoms with van der Waals surface area (Å²) in [7, 11) is 0. The molecule has 0 bridgehead atoms. The average molecular weight is 322 g/mol. The minimum Gasteiger partial charge on any atom is -0.489 e. The molecule has 0 radical (unpaired) electrons. The fourth-order valence-electron chi connectivity index (χ4n) is 3.22. The molecule has 2 aromatic carbocycles. The molecule has 2 aliphatic rings. The molecule has 2 aliphatic carbocycles. The standard InChI is InChI=1S/C20H22N2O2/c21-19(23)20(10-11-20)22-18-12-17(18)15-6-8-16(9-7-15)24-13-14-4-2-1-3-5-14/h1-9,17-18,22H,10-13H2,(H2,21,23). The van der Waals surface area contributed by atoms with E-state index in [4.69, 9.17) is 10.5 Å². The zero-order valence-corrected chi connectivity index (χ0v) is 13.6. The van der Waals surface area contributed by atoms with Crippen LogP contribution >= 0.6 is 0 Å². The number of carbonyl (C=O) groups excluding carboxylic acids is 1. The number of rotatable bonds is 7. The summed E-state index contributed by atoms with van der Waals surface area (Å²) in [5.41, 5.74) is 7.51. The van der Waals surface area contributed by atoms with Gasteiger partial charge in [-0.1, -0.05) is 42.5 Å². The van der Waals surface area contributed by atoms with E-state index in [0.717, 1.165) is 30.6 Å². The van der Waals surface area contributed by atoms with Crippen molar-refractivity contribution < 1.29 is 9.53 Å². The summed E-state index contributed by atoms with van der Waals surface area (Å²) in [6, 6.07) is 18.8. The minimum atomic E-state index is -0.418. The third kappa shape index (κ3) is 3.15. The lowest BCUT2D eigenvalue weighted by atomic mass is 10.1. The molecule has 2 aromatic rings. The number of carbonyl (C=O) groups is 1. The van der Waals surface area contributed by atoms with Crippen molar-refractivity contribution in [1.82, 2.24) is 5.32 Å². The summed E-state index contributed by atoms with van der Waals surface area (Å²) in [5, 5.41) is 3.44. The van der Waals surface area contributed by atoms with Gasteiger partial charge < -0.3 is 10.5 Å². The van der Waals surface area contributed by atoms with E-state index in [1.54, 1.807) is 0 Å². The van der Waals surface area contributed by atoms with Crippen LogP contribution in [0.3, 0.4) is 0 Å². The highest BCUT2D eigenvalue weighted by atomic mass is 16.5. The molecule has 1 amide bonds. The van der Waals surface area contributed by atoms with Crippen LogP contribution < -0.4 is 15.8 Å². The second kappa shape index (κ2) is 5.95. The highest BCUT2D eigenvalue weighted by molar-refractivity contribution is 5.87. The maximum absolute atomic E-state index is 11.5. The Labute approximate surface area is 142 Å². The molecule has 0 spiro atoms. The van der Waals surface area contributed by atoms with Crippen molar-refractivity contribution in [3.05, 3.63) is 65.7 Å². The van der Waals surface area contributed by atoms with E-state index in [0.29, 0.717) is 18.6 Å². The topological polar surface area (TPSA) is 64.4 Å². The smallest absolute Gasteiger partial charge is 0.237 e. The molecule has 2 unspecified atom stereocenters. The molecule has 4 heteroatoms. The van der Waals surface area contributed by atoms with Crippen molar-refractivity contribution in [2.24, 2.45) is 5.73 Å². The van der Waals surface area contributed by atoms with Gasteiger partial charge in [0.25, 0.3) is 0 Å². The van der Waals surface area contributed by atoms with Crippen LogP contribution in [0.5, 0.6) is 5.75 Å². The van der Waals surface area contributed by atoms with Gasteiger partial charge in [-0.3, -0.25) is 10.1 Å². The van der Waals surface area contributed by atoms with E-state index in [2.05, 4.69) is 29.6 Å². The Hall–Kier alpha value is -2.33. The van der Waals surface area contributed by atoms with Crippen LogP contribution in [-0.4, -0.2) is 17.5 Å². The van der Waals surface area contributed by atoms with Crippen molar-refractivity contribution in [2.45, 2.75) is 43.4 Å². The summed E-state index contributed by atoms with van der Waals surface area (Å²) in [5.74, 6) is 1.14. The molecule has 4 nitrogen and oxygen atoms in total. The maximum atomic E-state index is 11.5. The van der Waals surface area contributed by atoms with Crippen molar-refractivity contribution in [3.8, 4) is 5.75 Å². The lowest BCUT2D eigenvalue weighted by Gasteiger charge is -2.13. The number of benzene rings is 2. The lowest BCUT2D eigenvalue weighted by Crippen LogP contribution is -2.45. The predicted octanol–water partition coefficient (Wildman–Crippen LogP) is 2.73. The molecule has 0 aromatic heterocycles. The Morgan fingerprint density at radius 1 is 1.12 bits per heavy atom. The normalized spacial score (nSPS) is 23.5. The van der Waals surface area contributed by atoms with Crippen LogP contribution in [0.4, 0.5) is 0 Å². The molecule has 2 atom stereocenters. The average Bonchev–Trinajstić information content (AvgIpc) is 3.52. The summed E-state index contributed by atoms with van der Waals surface area (Å²) < 4.78 is 5.82. The van der Waals surface area contributed by atoms with Gasteiger partial charge in [0.15, 0.2) is 0 Å². The van der Waals surface area contributed by atoms with E-state index >= 15 is 0 Å². The predicted molar refractivity (Wildman–Crippen MR) is 92.7 cm³/mol. The van der Waals surface area contributed by atoms with Gasteiger partial charge in [0, 0.05) is 12.0 Å². The Balaban J connectivity index is 1.31. The van der Waals surface area contributed by atoms with Gasteiger partial charge in [0.2, 0.25) is 5.91 Å². The van der Waals surface area contributed by atoms with E-state index in [1.807, 2.05) is 30.3 Å². The Morgan fingerprint density at radius 3 is 2.46 bits per heavy atom. The molecule has 0 aliphatic heterocycles. The van der Waals surface area contributed by atoms with Crippen molar-refractivity contribution in [3.63, 3.8) is 0 Å².